The maximum atomic E-state index is 13.7. The lowest BCUT2D eigenvalue weighted by molar-refractivity contribution is 0.0985. The van der Waals surface area contributed by atoms with Crippen LogP contribution in [0.25, 0.3) is 10.2 Å². The van der Waals surface area contributed by atoms with E-state index in [1.54, 1.807) is 36.5 Å². The number of carbonyl (C=O) groups is 1. The smallest absolute Gasteiger partial charge is 0.260 e. The van der Waals surface area contributed by atoms with Gasteiger partial charge in [0.25, 0.3) is 5.91 Å². The van der Waals surface area contributed by atoms with Crippen molar-refractivity contribution in [2.45, 2.75) is 49.6 Å². The molecule has 0 radical (unpaired) electrons. The number of nitrogens with zero attached hydrogens (tertiary/aromatic N) is 4. The molecular formula is C27H27BrN4O3S2. The van der Waals surface area contributed by atoms with Crippen molar-refractivity contribution in [2.24, 2.45) is 0 Å². The van der Waals surface area contributed by atoms with Gasteiger partial charge in [0.1, 0.15) is 0 Å². The van der Waals surface area contributed by atoms with Gasteiger partial charge in [0.2, 0.25) is 10.0 Å². The van der Waals surface area contributed by atoms with Crippen LogP contribution >= 0.6 is 27.3 Å². The molecule has 1 aliphatic carbocycles. The Morgan fingerprint density at radius 2 is 1.84 bits per heavy atom. The zero-order valence-electron chi connectivity index (χ0n) is 20.4. The van der Waals surface area contributed by atoms with E-state index in [9.17, 15) is 13.2 Å². The molecule has 1 fully saturated rings. The number of carbonyl (C=O) groups excluding carboxylic acids is 1. The first kappa shape index (κ1) is 26.0. The summed E-state index contributed by atoms with van der Waals surface area (Å²) in [6.45, 7) is 0.290. The summed E-state index contributed by atoms with van der Waals surface area (Å²) < 4.78 is 29.9. The Kier molecular flexibility index (Phi) is 7.71. The van der Waals surface area contributed by atoms with Crippen LogP contribution in [0.15, 0.2) is 76.4 Å². The monoisotopic (exact) mass is 598 g/mol. The summed E-state index contributed by atoms with van der Waals surface area (Å²) in [6.07, 6.45) is 8.43. The first-order valence-electron chi connectivity index (χ1n) is 12.2. The molecule has 0 atom stereocenters. The average Bonchev–Trinajstić information content (AvgIpc) is 3.35. The maximum absolute atomic E-state index is 13.7. The van der Waals surface area contributed by atoms with E-state index in [0.29, 0.717) is 10.7 Å². The number of fused-ring (bicyclic) bond motifs is 1. The van der Waals surface area contributed by atoms with Crippen molar-refractivity contribution in [2.75, 3.05) is 11.9 Å². The fourth-order valence-electron chi connectivity index (χ4n) is 4.63. The molecule has 0 saturated heterocycles. The SMILES string of the molecule is CN(C1CCCCC1)S(=O)(=O)c1ccc(C(=O)N(Cc2cccnc2)c2nc3ccc(Br)cc3s2)cc1. The molecular weight excluding hydrogens is 572 g/mol. The van der Waals surface area contributed by atoms with Gasteiger partial charge in [-0.15, -0.1) is 0 Å². The Bertz CT molecular complexity index is 1500. The molecule has 4 aromatic rings. The molecule has 1 saturated carbocycles. The van der Waals surface area contributed by atoms with Crippen LogP contribution in [-0.4, -0.2) is 41.7 Å². The third kappa shape index (κ3) is 5.62. The van der Waals surface area contributed by atoms with E-state index in [1.807, 2.05) is 30.3 Å². The quantitative estimate of drug-likeness (QED) is 0.251. The lowest BCUT2D eigenvalue weighted by atomic mass is 9.96. The van der Waals surface area contributed by atoms with Crippen molar-refractivity contribution in [1.82, 2.24) is 14.3 Å². The van der Waals surface area contributed by atoms with Crippen LogP contribution in [0.1, 0.15) is 48.0 Å². The molecule has 0 N–H and O–H groups in total. The number of anilines is 1. The number of rotatable bonds is 7. The minimum Gasteiger partial charge on any atom is -0.279 e. The first-order chi connectivity index (χ1) is 17.8. The minimum atomic E-state index is -3.64. The molecule has 2 aromatic carbocycles. The number of benzene rings is 2. The number of aromatic nitrogens is 2. The highest BCUT2D eigenvalue weighted by Gasteiger charge is 2.29. The second kappa shape index (κ2) is 11.0. The number of hydrogen-bond donors (Lipinski definition) is 0. The predicted molar refractivity (Wildman–Crippen MR) is 150 cm³/mol. The molecule has 0 spiro atoms. The standard InChI is InChI=1S/C27H27BrN4O3S2/c1-31(22-7-3-2-4-8-22)37(34,35)23-12-9-20(10-13-23)26(33)32(18-19-6-5-15-29-17-19)27-30-24-14-11-21(28)16-25(24)36-27/h5-6,9-17,22H,2-4,7-8,18H2,1H3. The maximum Gasteiger partial charge on any atom is 0.260 e. The molecule has 10 heteroatoms. The van der Waals surface area contributed by atoms with E-state index in [-0.39, 0.29) is 23.4 Å². The zero-order chi connectivity index (χ0) is 26.0. The molecule has 0 bridgehead atoms. The van der Waals surface area contributed by atoms with E-state index < -0.39 is 10.0 Å². The third-order valence-corrected chi connectivity index (χ3v) is 10.2. The summed E-state index contributed by atoms with van der Waals surface area (Å²) in [5.41, 5.74) is 2.06. The number of pyridine rings is 1. The summed E-state index contributed by atoms with van der Waals surface area (Å²) in [4.78, 5) is 24.4. The van der Waals surface area contributed by atoms with Crippen molar-refractivity contribution in [3.8, 4) is 0 Å². The normalized spacial score (nSPS) is 14.8. The molecule has 2 heterocycles. The molecule has 7 nitrogen and oxygen atoms in total. The van der Waals surface area contributed by atoms with Gasteiger partial charge >= 0.3 is 0 Å². The third-order valence-electron chi connectivity index (χ3n) is 6.75. The Morgan fingerprint density at radius 3 is 2.54 bits per heavy atom. The number of hydrogen-bond acceptors (Lipinski definition) is 6. The van der Waals surface area contributed by atoms with E-state index in [1.165, 1.54) is 27.8 Å². The Balaban J connectivity index is 1.44. The number of halogens is 1. The molecule has 1 aliphatic rings. The van der Waals surface area contributed by atoms with Gasteiger partial charge in [-0.2, -0.15) is 4.31 Å². The highest BCUT2D eigenvalue weighted by Crippen LogP contribution is 2.33. The molecule has 192 valence electrons. The molecule has 5 rings (SSSR count). The van der Waals surface area contributed by atoms with E-state index in [0.717, 1.165) is 52.4 Å². The van der Waals surface area contributed by atoms with E-state index in [2.05, 4.69) is 20.9 Å². The molecule has 0 aliphatic heterocycles. The molecule has 2 aromatic heterocycles. The summed E-state index contributed by atoms with van der Waals surface area (Å²) in [7, 11) is -1.98. The van der Waals surface area contributed by atoms with Crippen molar-refractivity contribution < 1.29 is 13.2 Å². The fourth-order valence-corrected chi connectivity index (χ4v) is 7.57. The van der Waals surface area contributed by atoms with Gasteiger partial charge in [-0.25, -0.2) is 13.4 Å². The van der Waals surface area contributed by atoms with Gasteiger partial charge in [0.15, 0.2) is 5.13 Å². The van der Waals surface area contributed by atoms with Gasteiger partial charge in [-0.05, 0) is 66.9 Å². The van der Waals surface area contributed by atoms with Gasteiger partial charge in [-0.3, -0.25) is 14.7 Å². The largest absolute Gasteiger partial charge is 0.279 e. The first-order valence-corrected chi connectivity index (χ1v) is 15.2. The summed E-state index contributed by atoms with van der Waals surface area (Å²) >= 11 is 4.92. The van der Waals surface area contributed by atoms with Gasteiger partial charge < -0.3 is 0 Å². The molecule has 1 amide bonds. The van der Waals surface area contributed by atoms with Crippen molar-refractivity contribution in [3.05, 3.63) is 82.6 Å². The topological polar surface area (TPSA) is 83.5 Å². The fraction of sp³-hybridized carbons (Fsp3) is 0.296. The van der Waals surface area contributed by atoms with E-state index >= 15 is 0 Å². The van der Waals surface area contributed by atoms with Gasteiger partial charge in [0, 0.05) is 35.5 Å². The van der Waals surface area contributed by atoms with Crippen molar-refractivity contribution in [1.29, 1.82) is 0 Å². The average molecular weight is 600 g/mol. The lowest BCUT2D eigenvalue weighted by Gasteiger charge is -2.30. The van der Waals surface area contributed by atoms with Crippen LogP contribution in [0.3, 0.4) is 0 Å². The number of thiazole rings is 1. The van der Waals surface area contributed by atoms with Crippen LogP contribution in [0.2, 0.25) is 0 Å². The zero-order valence-corrected chi connectivity index (χ0v) is 23.6. The van der Waals surface area contributed by atoms with Gasteiger partial charge in [0.05, 0.1) is 21.7 Å². The Labute approximate surface area is 229 Å². The highest BCUT2D eigenvalue weighted by atomic mass is 79.9. The van der Waals surface area contributed by atoms with Crippen LogP contribution < -0.4 is 4.90 Å². The number of amides is 1. The van der Waals surface area contributed by atoms with Crippen LogP contribution in [0.4, 0.5) is 5.13 Å². The highest BCUT2D eigenvalue weighted by molar-refractivity contribution is 9.10. The lowest BCUT2D eigenvalue weighted by Crippen LogP contribution is -2.38. The predicted octanol–water partition coefficient (Wildman–Crippen LogP) is 6.25. The summed E-state index contributed by atoms with van der Waals surface area (Å²) in [5, 5.41) is 0.565. The Morgan fingerprint density at radius 1 is 1.08 bits per heavy atom. The molecule has 0 unspecified atom stereocenters. The summed E-state index contributed by atoms with van der Waals surface area (Å²) in [5.74, 6) is -0.258. The molecule has 37 heavy (non-hydrogen) atoms. The second-order valence-electron chi connectivity index (χ2n) is 9.20. The Hall–Kier alpha value is -2.66. The summed E-state index contributed by atoms with van der Waals surface area (Å²) in [6, 6.07) is 15.8. The van der Waals surface area contributed by atoms with Gasteiger partial charge in [-0.1, -0.05) is 52.6 Å². The number of sulfonamides is 1. The van der Waals surface area contributed by atoms with Crippen molar-refractivity contribution >= 4 is 58.5 Å². The van der Waals surface area contributed by atoms with Crippen molar-refractivity contribution in [3.63, 3.8) is 0 Å². The van der Waals surface area contributed by atoms with Crippen LogP contribution in [0.5, 0.6) is 0 Å². The van der Waals surface area contributed by atoms with Crippen LogP contribution in [-0.2, 0) is 16.6 Å². The van der Waals surface area contributed by atoms with Crippen LogP contribution in [0, 0.1) is 0 Å². The van der Waals surface area contributed by atoms with E-state index in [4.69, 9.17) is 4.98 Å². The second-order valence-corrected chi connectivity index (χ2v) is 13.1. The minimum absolute atomic E-state index is 0.0223.